The molecule has 150 valence electrons. The number of para-hydroxylation sites is 1. The molecule has 3 aromatic rings. The Morgan fingerprint density at radius 1 is 1.34 bits per heavy atom. The van der Waals surface area contributed by atoms with Crippen LogP contribution in [-0.4, -0.2) is 33.0 Å². The summed E-state index contributed by atoms with van der Waals surface area (Å²) in [5.74, 6) is 0.00587. The van der Waals surface area contributed by atoms with E-state index in [-0.39, 0.29) is 17.3 Å². The fourth-order valence-electron chi connectivity index (χ4n) is 2.39. The standard InChI is InChI=1S/C18H16N4O4S3/c1-11(16(23)19-14-10-13(22(24)25)8-9-15(14)26-2)28-17-20-21(18(27)29-17)12-6-4-3-5-7-12/h3-11H,1-2H3,(H,19,23). The Morgan fingerprint density at radius 2 is 2.07 bits per heavy atom. The monoisotopic (exact) mass is 448 g/mol. The van der Waals surface area contributed by atoms with Gasteiger partial charge in [-0.1, -0.05) is 41.3 Å². The van der Waals surface area contributed by atoms with Crippen molar-refractivity contribution >= 4 is 52.6 Å². The van der Waals surface area contributed by atoms with Crippen LogP contribution in [0.4, 0.5) is 11.4 Å². The lowest BCUT2D eigenvalue weighted by Gasteiger charge is -2.13. The average molecular weight is 449 g/mol. The lowest BCUT2D eigenvalue weighted by atomic mass is 10.2. The zero-order valence-electron chi connectivity index (χ0n) is 15.4. The number of nitro benzene ring substituents is 1. The molecule has 1 amide bonds. The van der Waals surface area contributed by atoms with Crippen molar-refractivity contribution in [3.8, 4) is 11.4 Å². The zero-order chi connectivity index (χ0) is 21.0. The average Bonchev–Trinajstić information content (AvgIpc) is 3.08. The second-order valence-electron chi connectivity index (χ2n) is 5.77. The summed E-state index contributed by atoms with van der Waals surface area (Å²) in [4.78, 5) is 23.1. The molecule has 1 N–H and O–H groups in total. The van der Waals surface area contributed by atoms with Crippen LogP contribution in [-0.2, 0) is 4.79 Å². The number of nitro groups is 1. The predicted molar refractivity (Wildman–Crippen MR) is 116 cm³/mol. The van der Waals surface area contributed by atoms with Crippen LogP contribution in [0, 0.1) is 14.1 Å². The highest BCUT2D eigenvalue weighted by molar-refractivity contribution is 8.02. The minimum atomic E-state index is -0.531. The van der Waals surface area contributed by atoms with E-state index in [2.05, 4.69) is 10.4 Å². The van der Waals surface area contributed by atoms with Gasteiger partial charge in [-0.15, -0.1) is 5.10 Å². The highest BCUT2D eigenvalue weighted by Crippen LogP contribution is 2.31. The summed E-state index contributed by atoms with van der Waals surface area (Å²) in [6.45, 7) is 1.72. The van der Waals surface area contributed by atoms with Gasteiger partial charge in [0.2, 0.25) is 5.91 Å². The largest absolute Gasteiger partial charge is 0.495 e. The van der Waals surface area contributed by atoms with Crippen molar-refractivity contribution in [3.05, 3.63) is 62.6 Å². The number of hydrogen-bond donors (Lipinski definition) is 1. The first kappa shape index (κ1) is 21.0. The molecule has 1 heterocycles. The highest BCUT2D eigenvalue weighted by Gasteiger charge is 2.20. The van der Waals surface area contributed by atoms with E-state index in [0.717, 1.165) is 5.69 Å². The van der Waals surface area contributed by atoms with Crippen LogP contribution in [0.25, 0.3) is 5.69 Å². The topological polar surface area (TPSA) is 99.3 Å². The first-order chi connectivity index (χ1) is 13.9. The molecule has 1 unspecified atom stereocenters. The summed E-state index contributed by atoms with van der Waals surface area (Å²) < 4.78 is 8.05. The van der Waals surface area contributed by atoms with Crippen molar-refractivity contribution < 1.29 is 14.5 Å². The van der Waals surface area contributed by atoms with Crippen molar-refractivity contribution in [3.63, 3.8) is 0 Å². The Hall–Kier alpha value is -2.76. The number of nitrogens with one attached hydrogen (secondary N) is 1. The molecule has 2 aromatic carbocycles. The molecule has 1 aromatic heterocycles. The van der Waals surface area contributed by atoms with Crippen molar-refractivity contribution in [2.24, 2.45) is 0 Å². The first-order valence-electron chi connectivity index (χ1n) is 8.34. The lowest BCUT2D eigenvalue weighted by molar-refractivity contribution is -0.384. The number of thioether (sulfide) groups is 1. The number of anilines is 1. The van der Waals surface area contributed by atoms with Crippen molar-refractivity contribution in [1.29, 1.82) is 0 Å². The molecule has 0 aliphatic heterocycles. The smallest absolute Gasteiger partial charge is 0.271 e. The number of aromatic nitrogens is 2. The number of benzene rings is 2. The van der Waals surface area contributed by atoms with Crippen LogP contribution in [0.15, 0.2) is 52.9 Å². The molecule has 29 heavy (non-hydrogen) atoms. The molecule has 0 saturated heterocycles. The van der Waals surface area contributed by atoms with E-state index in [4.69, 9.17) is 17.0 Å². The second-order valence-corrected chi connectivity index (χ2v) is 8.98. The molecule has 8 nitrogen and oxygen atoms in total. The number of carbonyl (C=O) groups is 1. The third-order valence-corrected chi connectivity index (χ3v) is 6.24. The molecular weight excluding hydrogens is 432 g/mol. The van der Waals surface area contributed by atoms with Crippen LogP contribution < -0.4 is 10.1 Å². The van der Waals surface area contributed by atoms with Crippen LogP contribution in [0.5, 0.6) is 5.75 Å². The summed E-state index contributed by atoms with van der Waals surface area (Å²) in [6, 6.07) is 13.5. The Balaban J connectivity index is 1.74. The summed E-state index contributed by atoms with van der Waals surface area (Å²) in [5, 5.41) is 17.6. The SMILES string of the molecule is COc1ccc([N+](=O)[O-])cc1NC(=O)C(C)Sc1nn(-c2ccccc2)c(=S)s1. The fourth-order valence-corrected chi connectivity index (χ4v) is 4.89. The maximum Gasteiger partial charge on any atom is 0.271 e. The van der Waals surface area contributed by atoms with Gasteiger partial charge in [-0.2, -0.15) is 0 Å². The Morgan fingerprint density at radius 3 is 2.72 bits per heavy atom. The van der Waals surface area contributed by atoms with Crippen molar-refractivity contribution in [1.82, 2.24) is 9.78 Å². The second kappa shape index (κ2) is 9.16. The van der Waals surface area contributed by atoms with E-state index in [1.165, 1.54) is 48.4 Å². The molecular formula is C18H16N4O4S3. The zero-order valence-corrected chi connectivity index (χ0v) is 17.8. The van der Waals surface area contributed by atoms with Gasteiger partial charge < -0.3 is 10.1 Å². The van der Waals surface area contributed by atoms with Crippen molar-refractivity contribution in [2.75, 3.05) is 12.4 Å². The molecule has 3 rings (SSSR count). The minimum Gasteiger partial charge on any atom is -0.495 e. The van der Waals surface area contributed by atoms with E-state index in [1.54, 1.807) is 11.6 Å². The Kier molecular flexibility index (Phi) is 6.62. The van der Waals surface area contributed by atoms with Gasteiger partial charge in [0.05, 0.1) is 28.7 Å². The number of rotatable bonds is 7. The summed E-state index contributed by atoms with van der Waals surface area (Å²) in [5.41, 5.74) is 0.946. The van der Waals surface area contributed by atoms with Gasteiger partial charge >= 0.3 is 0 Å². The molecule has 0 fully saturated rings. The van der Waals surface area contributed by atoms with Crippen LogP contribution >= 0.6 is 35.3 Å². The predicted octanol–water partition coefficient (Wildman–Crippen LogP) is 4.70. The van der Waals surface area contributed by atoms with E-state index in [0.29, 0.717) is 14.0 Å². The van der Waals surface area contributed by atoms with Crippen LogP contribution in [0.3, 0.4) is 0 Å². The van der Waals surface area contributed by atoms with Gasteiger partial charge in [0.25, 0.3) is 5.69 Å². The van der Waals surface area contributed by atoms with E-state index < -0.39 is 10.2 Å². The van der Waals surface area contributed by atoms with Gasteiger partial charge in [0.15, 0.2) is 8.29 Å². The number of carbonyl (C=O) groups excluding carboxylic acids is 1. The number of methoxy groups -OCH3 is 1. The Labute approximate surface area is 179 Å². The maximum atomic E-state index is 12.6. The number of non-ortho nitro benzene ring substituents is 1. The normalized spacial score (nSPS) is 11.7. The summed E-state index contributed by atoms with van der Waals surface area (Å²) >= 11 is 7.94. The van der Waals surface area contributed by atoms with Gasteiger partial charge in [-0.25, -0.2) is 4.68 Å². The van der Waals surface area contributed by atoms with Crippen LogP contribution in [0.1, 0.15) is 6.92 Å². The quantitative estimate of drug-likeness (QED) is 0.242. The molecule has 11 heteroatoms. The van der Waals surface area contributed by atoms with E-state index in [1.807, 2.05) is 30.3 Å². The Bertz CT molecular complexity index is 1100. The number of amides is 1. The third-order valence-electron chi connectivity index (χ3n) is 3.83. The summed E-state index contributed by atoms with van der Waals surface area (Å²) in [6.07, 6.45) is 0. The van der Waals surface area contributed by atoms with Crippen LogP contribution in [0.2, 0.25) is 0 Å². The third kappa shape index (κ3) is 5.00. The highest BCUT2D eigenvalue weighted by atomic mass is 32.2. The summed E-state index contributed by atoms with van der Waals surface area (Å²) in [7, 11) is 1.43. The van der Waals surface area contributed by atoms with Crippen molar-refractivity contribution in [2.45, 2.75) is 16.5 Å². The molecule has 0 radical (unpaired) electrons. The molecule has 0 aliphatic rings. The molecule has 1 atom stereocenters. The van der Waals surface area contributed by atoms with Gasteiger partial charge in [-0.3, -0.25) is 14.9 Å². The maximum absolute atomic E-state index is 12.6. The lowest BCUT2D eigenvalue weighted by Crippen LogP contribution is -2.22. The fraction of sp³-hybridized carbons (Fsp3) is 0.167. The molecule has 0 spiro atoms. The van der Waals surface area contributed by atoms with E-state index in [9.17, 15) is 14.9 Å². The van der Waals surface area contributed by atoms with E-state index >= 15 is 0 Å². The van der Waals surface area contributed by atoms with Gasteiger partial charge in [0, 0.05) is 12.1 Å². The molecule has 0 aliphatic carbocycles. The van der Waals surface area contributed by atoms with Gasteiger partial charge in [-0.05, 0) is 37.3 Å². The number of ether oxygens (including phenoxy) is 1. The number of nitrogens with zero attached hydrogens (tertiary/aromatic N) is 3. The van der Waals surface area contributed by atoms with Gasteiger partial charge in [0.1, 0.15) is 5.75 Å². The molecule has 0 saturated carbocycles. The molecule has 0 bridgehead atoms. The minimum absolute atomic E-state index is 0.138. The number of hydrogen-bond acceptors (Lipinski definition) is 8. The first-order valence-corrected chi connectivity index (χ1v) is 10.4.